The van der Waals surface area contributed by atoms with Crippen molar-refractivity contribution >= 4 is 0 Å². The van der Waals surface area contributed by atoms with E-state index < -0.39 is 0 Å². The van der Waals surface area contributed by atoms with Crippen molar-refractivity contribution in [1.29, 1.82) is 0 Å². The van der Waals surface area contributed by atoms with Gasteiger partial charge < -0.3 is 10.2 Å². The predicted molar refractivity (Wildman–Crippen MR) is 123 cm³/mol. The first-order chi connectivity index (χ1) is 14.0. The summed E-state index contributed by atoms with van der Waals surface area (Å²) < 4.78 is 0. The van der Waals surface area contributed by atoms with Gasteiger partial charge in [-0.25, -0.2) is 0 Å². The lowest BCUT2D eigenvalue weighted by molar-refractivity contribution is -0.0425. The average molecular weight is 405 g/mol. The van der Waals surface area contributed by atoms with Gasteiger partial charge in [-0.1, -0.05) is 64.5 Å². The molecule has 0 saturated heterocycles. The summed E-state index contributed by atoms with van der Waals surface area (Å²) in [4.78, 5) is 0. The van der Waals surface area contributed by atoms with Crippen LogP contribution >= 0.6 is 0 Å². The second-order valence-corrected chi connectivity index (χ2v) is 11.1. The molecule has 0 bridgehead atoms. The maximum atomic E-state index is 7.62. The molecule has 0 aromatic heterocycles. The van der Waals surface area contributed by atoms with Crippen molar-refractivity contribution in [3.05, 3.63) is 11.6 Å². The maximum absolute atomic E-state index is 7.62. The lowest BCUT2D eigenvalue weighted by Crippen LogP contribution is -2.49. The molecule has 2 heteroatoms. The highest BCUT2D eigenvalue weighted by atomic mass is 16.3. The second-order valence-electron chi connectivity index (χ2n) is 11.1. The molecule has 0 aromatic carbocycles. The van der Waals surface area contributed by atoms with Crippen molar-refractivity contribution in [2.75, 3.05) is 13.2 Å². The molecule has 6 unspecified atom stereocenters. The van der Waals surface area contributed by atoms with Crippen LogP contribution in [0.1, 0.15) is 111 Å². The fourth-order valence-corrected chi connectivity index (χ4v) is 8.10. The molecule has 0 heterocycles. The van der Waals surface area contributed by atoms with Crippen molar-refractivity contribution in [2.24, 2.45) is 34.5 Å². The molecule has 4 aliphatic rings. The van der Waals surface area contributed by atoms with Gasteiger partial charge in [0.25, 0.3) is 0 Å². The highest BCUT2D eigenvalue weighted by Gasteiger charge is 2.57. The van der Waals surface area contributed by atoms with Crippen LogP contribution in [0, 0.1) is 34.5 Å². The monoisotopic (exact) mass is 404 g/mol. The fraction of sp³-hybridized carbons (Fsp3) is 0.926. The largest absolute Gasteiger partial charge is 0.394 e. The van der Waals surface area contributed by atoms with Gasteiger partial charge in [-0.15, -0.1) is 0 Å². The Morgan fingerprint density at radius 1 is 0.931 bits per heavy atom. The van der Waals surface area contributed by atoms with Gasteiger partial charge in [-0.2, -0.15) is 0 Å². The Bertz CT molecular complexity index is 539. The Labute approximate surface area is 180 Å². The van der Waals surface area contributed by atoms with E-state index >= 15 is 0 Å². The number of allylic oxidation sites excluding steroid dienone is 2. The van der Waals surface area contributed by atoms with E-state index in [0.717, 1.165) is 23.7 Å². The van der Waals surface area contributed by atoms with Gasteiger partial charge in [0.05, 0.1) is 13.2 Å². The summed E-state index contributed by atoms with van der Waals surface area (Å²) in [6, 6.07) is 0. The molecule has 3 fully saturated rings. The standard InChI is InChI=1S/C25H42.C2H6O2/c1-4-5-6-7-10-20-13-15-22-21-14-12-19-11-8-9-17-24(19,2)23(21)16-18-25(20,22)3;3-1-2-4/h12,20-23H,4-11,13-18H2,1-3H3;3-4H,1-2H2. The number of fused-ring (bicyclic) bond motifs is 5. The number of aliphatic hydroxyl groups excluding tert-OH is 2. The minimum atomic E-state index is -0.125. The fourth-order valence-electron chi connectivity index (χ4n) is 8.10. The molecule has 29 heavy (non-hydrogen) atoms. The van der Waals surface area contributed by atoms with Gasteiger partial charge in [-0.3, -0.25) is 0 Å². The van der Waals surface area contributed by atoms with Gasteiger partial charge in [0, 0.05) is 0 Å². The SMILES string of the molecule is CCCCCCC1CCC2C3CC=C4CCCCC4(C)C3CCC12C.OCCO. The van der Waals surface area contributed by atoms with Crippen LogP contribution in [0.3, 0.4) is 0 Å². The highest BCUT2D eigenvalue weighted by molar-refractivity contribution is 5.24. The van der Waals surface area contributed by atoms with Gasteiger partial charge in [0.2, 0.25) is 0 Å². The van der Waals surface area contributed by atoms with Crippen molar-refractivity contribution in [3.63, 3.8) is 0 Å². The molecule has 0 spiro atoms. The zero-order chi connectivity index (χ0) is 20.9. The van der Waals surface area contributed by atoms with E-state index in [9.17, 15) is 0 Å². The Balaban J connectivity index is 0.000000552. The van der Waals surface area contributed by atoms with Crippen LogP contribution in [-0.2, 0) is 0 Å². The summed E-state index contributed by atoms with van der Waals surface area (Å²) in [6.07, 6.45) is 23.5. The minimum Gasteiger partial charge on any atom is -0.394 e. The summed E-state index contributed by atoms with van der Waals surface area (Å²) in [5.74, 6) is 4.12. The summed E-state index contributed by atoms with van der Waals surface area (Å²) in [6.45, 7) is 7.47. The van der Waals surface area contributed by atoms with E-state index in [1.807, 2.05) is 5.57 Å². The van der Waals surface area contributed by atoms with E-state index in [-0.39, 0.29) is 13.2 Å². The van der Waals surface area contributed by atoms with Gasteiger partial charge in [0.15, 0.2) is 0 Å². The number of hydrogen-bond donors (Lipinski definition) is 2. The Hall–Kier alpha value is -0.340. The van der Waals surface area contributed by atoms with E-state index in [0.29, 0.717) is 10.8 Å². The number of hydrogen-bond acceptors (Lipinski definition) is 2. The minimum absolute atomic E-state index is 0.125. The van der Waals surface area contributed by atoms with Crippen LogP contribution in [-0.4, -0.2) is 23.4 Å². The quantitative estimate of drug-likeness (QED) is 0.373. The molecule has 0 amide bonds. The molecular weight excluding hydrogens is 356 g/mol. The highest BCUT2D eigenvalue weighted by Crippen LogP contribution is 2.66. The molecule has 168 valence electrons. The molecular formula is C27H48O2. The van der Waals surface area contributed by atoms with E-state index in [1.54, 1.807) is 19.3 Å². The Morgan fingerprint density at radius 2 is 1.72 bits per heavy atom. The first-order valence-electron chi connectivity index (χ1n) is 12.9. The van der Waals surface area contributed by atoms with Crippen LogP contribution in [0.15, 0.2) is 11.6 Å². The third-order valence-electron chi connectivity index (χ3n) is 9.72. The van der Waals surface area contributed by atoms with Crippen LogP contribution in [0.2, 0.25) is 0 Å². The summed E-state index contributed by atoms with van der Waals surface area (Å²) >= 11 is 0. The predicted octanol–water partition coefficient (Wildman–Crippen LogP) is 6.90. The molecule has 2 N–H and O–H groups in total. The zero-order valence-electron chi connectivity index (χ0n) is 19.6. The molecule has 4 rings (SSSR count). The normalized spacial score (nSPS) is 40.8. The van der Waals surface area contributed by atoms with Crippen molar-refractivity contribution in [2.45, 2.75) is 111 Å². The molecule has 3 saturated carbocycles. The molecule has 2 nitrogen and oxygen atoms in total. The van der Waals surface area contributed by atoms with Crippen molar-refractivity contribution in [3.8, 4) is 0 Å². The van der Waals surface area contributed by atoms with E-state index in [4.69, 9.17) is 10.2 Å². The molecule has 0 radical (unpaired) electrons. The van der Waals surface area contributed by atoms with Gasteiger partial charge in [-0.05, 0) is 92.3 Å². The zero-order valence-corrected chi connectivity index (χ0v) is 19.6. The van der Waals surface area contributed by atoms with E-state index in [2.05, 4.69) is 26.8 Å². The van der Waals surface area contributed by atoms with Crippen LogP contribution < -0.4 is 0 Å². The van der Waals surface area contributed by atoms with Crippen LogP contribution in [0.5, 0.6) is 0 Å². The second kappa shape index (κ2) is 10.3. The lowest BCUT2D eigenvalue weighted by atomic mass is 9.47. The molecule has 0 aliphatic heterocycles. The van der Waals surface area contributed by atoms with E-state index in [1.165, 1.54) is 70.6 Å². The number of rotatable bonds is 6. The van der Waals surface area contributed by atoms with Gasteiger partial charge in [0.1, 0.15) is 0 Å². The summed E-state index contributed by atoms with van der Waals surface area (Å²) in [5.41, 5.74) is 3.14. The maximum Gasteiger partial charge on any atom is 0.0662 e. The first kappa shape index (κ1) is 23.3. The third kappa shape index (κ3) is 4.64. The third-order valence-corrected chi connectivity index (χ3v) is 9.72. The Morgan fingerprint density at radius 3 is 2.45 bits per heavy atom. The average Bonchev–Trinajstić information content (AvgIpc) is 3.07. The van der Waals surface area contributed by atoms with Gasteiger partial charge >= 0.3 is 0 Å². The topological polar surface area (TPSA) is 40.5 Å². The Kier molecular flexibility index (Phi) is 8.30. The van der Waals surface area contributed by atoms with Crippen molar-refractivity contribution in [1.82, 2.24) is 0 Å². The lowest BCUT2D eigenvalue weighted by Gasteiger charge is -2.57. The molecule has 0 aromatic rings. The first-order valence-corrected chi connectivity index (χ1v) is 12.9. The van der Waals surface area contributed by atoms with Crippen LogP contribution in [0.4, 0.5) is 0 Å². The smallest absolute Gasteiger partial charge is 0.0662 e. The summed E-state index contributed by atoms with van der Waals surface area (Å²) in [7, 11) is 0. The summed E-state index contributed by atoms with van der Waals surface area (Å²) in [5, 5.41) is 15.2. The number of unbranched alkanes of at least 4 members (excludes halogenated alkanes) is 3. The van der Waals surface area contributed by atoms with Crippen LogP contribution in [0.25, 0.3) is 0 Å². The molecule has 6 atom stereocenters. The molecule has 4 aliphatic carbocycles. The van der Waals surface area contributed by atoms with Crippen molar-refractivity contribution < 1.29 is 10.2 Å². The number of aliphatic hydroxyl groups is 2.